The highest BCUT2D eigenvalue weighted by molar-refractivity contribution is 5.40. The van der Waals surface area contributed by atoms with Crippen molar-refractivity contribution in [3.8, 4) is 0 Å². The number of nitrogen functional groups attached to an aromatic ring is 1. The predicted molar refractivity (Wildman–Crippen MR) is 64.5 cm³/mol. The maximum Gasteiger partial charge on any atom is 0.222 e. The highest BCUT2D eigenvalue weighted by Gasteiger charge is 2.06. The van der Waals surface area contributed by atoms with Crippen LogP contribution in [-0.2, 0) is 6.54 Å². The first-order valence-corrected chi connectivity index (χ1v) is 5.32. The van der Waals surface area contributed by atoms with Crippen molar-refractivity contribution >= 4 is 11.8 Å². The first kappa shape index (κ1) is 11.4. The first-order valence-electron chi connectivity index (χ1n) is 5.32. The van der Waals surface area contributed by atoms with Gasteiger partial charge in [0.2, 0.25) is 11.8 Å². The summed E-state index contributed by atoms with van der Waals surface area (Å²) in [6.45, 7) is 6.14. The van der Waals surface area contributed by atoms with E-state index in [1.165, 1.54) is 0 Å². The van der Waals surface area contributed by atoms with Crippen LogP contribution in [0.4, 0.5) is 11.8 Å². The fraction of sp³-hybridized carbons (Fsp3) is 0.364. The lowest BCUT2D eigenvalue weighted by atomic mass is 10.4. The van der Waals surface area contributed by atoms with Crippen LogP contribution in [0.25, 0.3) is 0 Å². The Hall–Kier alpha value is -2.11. The highest BCUT2D eigenvalue weighted by Crippen LogP contribution is 2.11. The Balaban J connectivity index is 2.07. The van der Waals surface area contributed by atoms with E-state index in [2.05, 4.69) is 20.3 Å². The van der Waals surface area contributed by atoms with Crippen molar-refractivity contribution in [1.82, 2.24) is 15.0 Å². The molecule has 0 aliphatic rings. The number of rotatable bonds is 3. The Morgan fingerprint density at radius 3 is 2.59 bits per heavy atom. The van der Waals surface area contributed by atoms with Gasteiger partial charge in [-0.15, -0.1) is 0 Å². The number of aryl methyl sites for hydroxylation is 3. The van der Waals surface area contributed by atoms with Crippen molar-refractivity contribution in [2.45, 2.75) is 27.3 Å². The summed E-state index contributed by atoms with van der Waals surface area (Å²) in [6.07, 6.45) is 0. The molecule has 0 unspecified atom stereocenters. The lowest BCUT2D eigenvalue weighted by Gasteiger charge is -2.04. The Kier molecular flexibility index (Phi) is 2.95. The van der Waals surface area contributed by atoms with Gasteiger partial charge in [0.1, 0.15) is 11.6 Å². The molecule has 6 nitrogen and oxygen atoms in total. The van der Waals surface area contributed by atoms with Gasteiger partial charge in [-0.05, 0) is 20.8 Å². The minimum Gasteiger partial charge on any atom is -0.444 e. The molecular formula is C11H15N5O. The van der Waals surface area contributed by atoms with Gasteiger partial charge in [0.05, 0.1) is 12.2 Å². The Morgan fingerprint density at radius 1 is 1.24 bits per heavy atom. The minimum atomic E-state index is 0.257. The van der Waals surface area contributed by atoms with Crippen molar-refractivity contribution in [2.75, 3.05) is 11.1 Å². The zero-order valence-electron chi connectivity index (χ0n) is 10.1. The summed E-state index contributed by atoms with van der Waals surface area (Å²) in [5.41, 5.74) is 7.28. The average molecular weight is 233 g/mol. The molecule has 6 heteroatoms. The Morgan fingerprint density at radius 2 is 2.00 bits per heavy atom. The number of aromatic nitrogens is 3. The molecule has 90 valence electrons. The van der Waals surface area contributed by atoms with E-state index < -0.39 is 0 Å². The van der Waals surface area contributed by atoms with Gasteiger partial charge in [0, 0.05) is 11.8 Å². The molecule has 0 aromatic carbocycles. The third-order valence-corrected chi connectivity index (χ3v) is 2.37. The summed E-state index contributed by atoms with van der Waals surface area (Å²) in [6, 6.07) is 1.82. The lowest BCUT2D eigenvalue weighted by molar-refractivity contribution is 0.478. The van der Waals surface area contributed by atoms with E-state index in [1.807, 2.05) is 26.8 Å². The van der Waals surface area contributed by atoms with Crippen molar-refractivity contribution in [2.24, 2.45) is 0 Å². The van der Waals surface area contributed by atoms with Gasteiger partial charge < -0.3 is 15.5 Å². The number of nitrogens with two attached hydrogens (primary N) is 1. The van der Waals surface area contributed by atoms with Gasteiger partial charge in [-0.2, -0.15) is 4.98 Å². The largest absolute Gasteiger partial charge is 0.444 e. The second-order valence-electron chi connectivity index (χ2n) is 3.86. The fourth-order valence-electron chi connectivity index (χ4n) is 1.46. The molecule has 0 aliphatic carbocycles. The zero-order valence-corrected chi connectivity index (χ0v) is 10.1. The molecule has 0 saturated carbocycles. The van der Waals surface area contributed by atoms with Crippen LogP contribution in [0.2, 0.25) is 0 Å². The van der Waals surface area contributed by atoms with E-state index in [9.17, 15) is 0 Å². The lowest BCUT2D eigenvalue weighted by Crippen LogP contribution is -2.05. The van der Waals surface area contributed by atoms with E-state index in [0.29, 0.717) is 18.3 Å². The fourth-order valence-corrected chi connectivity index (χ4v) is 1.46. The summed E-state index contributed by atoms with van der Waals surface area (Å²) in [7, 11) is 0. The molecule has 2 aromatic rings. The predicted octanol–water partition coefficient (Wildman–Crippen LogP) is 1.58. The van der Waals surface area contributed by atoms with Gasteiger partial charge in [0.15, 0.2) is 0 Å². The maximum absolute atomic E-state index is 5.56. The molecule has 2 heterocycles. The van der Waals surface area contributed by atoms with Gasteiger partial charge in [0.25, 0.3) is 0 Å². The summed E-state index contributed by atoms with van der Waals surface area (Å²) in [5.74, 6) is 2.39. The highest BCUT2D eigenvalue weighted by atomic mass is 16.4. The molecule has 0 aliphatic heterocycles. The summed E-state index contributed by atoms with van der Waals surface area (Å²) < 4.78 is 5.45. The quantitative estimate of drug-likeness (QED) is 0.836. The molecule has 2 aromatic heterocycles. The normalized spacial score (nSPS) is 10.5. The van der Waals surface area contributed by atoms with Crippen molar-refractivity contribution in [3.63, 3.8) is 0 Å². The summed E-state index contributed by atoms with van der Waals surface area (Å²) in [5, 5.41) is 3.10. The van der Waals surface area contributed by atoms with Crippen molar-refractivity contribution in [3.05, 3.63) is 29.1 Å². The topological polar surface area (TPSA) is 89.9 Å². The molecule has 0 amide bonds. The molecule has 17 heavy (non-hydrogen) atoms. The van der Waals surface area contributed by atoms with Crippen LogP contribution >= 0.6 is 0 Å². The van der Waals surface area contributed by atoms with Crippen LogP contribution < -0.4 is 11.1 Å². The van der Waals surface area contributed by atoms with Crippen LogP contribution in [0.15, 0.2) is 10.5 Å². The minimum absolute atomic E-state index is 0.257. The number of oxazole rings is 1. The van der Waals surface area contributed by atoms with Crippen molar-refractivity contribution < 1.29 is 4.42 Å². The molecule has 0 saturated heterocycles. The molecule has 0 radical (unpaired) electrons. The third kappa shape index (κ3) is 2.72. The van der Waals surface area contributed by atoms with Crippen LogP contribution in [0.1, 0.15) is 23.0 Å². The van der Waals surface area contributed by atoms with E-state index >= 15 is 0 Å². The Bertz CT molecular complexity index is 495. The van der Waals surface area contributed by atoms with Crippen LogP contribution in [0.5, 0.6) is 0 Å². The first-order chi connectivity index (χ1) is 8.04. The molecule has 2 rings (SSSR count). The van der Waals surface area contributed by atoms with Crippen molar-refractivity contribution in [1.29, 1.82) is 0 Å². The zero-order chi connectivity index (χ0) is 12.4. The van der Waals surface area contributed by atoms with Gasteiger partial charge in [-0.1, -0.05) is 0 Å². The van der Waals surface area contributed by atoms with Gasteiger partial charge in [-0.3, -0.25) is 0 Å². The number of nitrogens with zero attached hydrogens (tertiary/aromatic N) is 3. The van der Waals surface area contributed by atoms with Crippen LogP contribution in [0.3, 0.4) is 0 Å². The second kappa shape index (κ2) is 4.40. The maximum atomic E-state index is 5.56. The smallest absolute Gasteiger partial charge is 0.222 e. The monoisotopic (exact) mass is 233 g/mol. The van der Waals surface area contributed by atoms with Gasteiger partial charge >= 0.3 is 0 Å². The summed E-state index contributed by atoms with van der Waals surface area (Å²) in [4.78, 5) is 12.3. The number of hydrogen-bond acceptors (Lipinski definition) is 6. The molecule has 0 atom stereocenters. The van der Waals surface area contributed by atoms with Crippen LogP contribution in [0, 0.1) is 20.8 Å². The summed E-state index contributed by atoms with van der Waals surface area (Å²) >= 11 is 0. The van der Waals surface area contributed by atoms with E-state index in [0.717, 1.165) is 17.1 Å². The number of anilines is 2. The number of hydrogen-bond donors (Lipinski definition) is 2. The third-order valence-electron chi connectivity index (χ3n) is 2.37. The molecule has 0 bridgehead atoms. The van der Waals surface area contributed by atoms with E-state index in [4.69, 9.17) is 10.2 Å². The average Bonchev–Trinajstić information content (AvgIpc) is 2.54. The van der Waals surface area contributed by atoms with E-state index in [-0.39, 0.29) is 5.95 Å². The molecule has 0 spiro atoms. The molecule has 0 fully saturated rings. The number of nitrogens with one attached hydrogen (secondary N) is 1. The Labute approximate surface area is 99.3 Å². The SMILES string of the molecule is Cc1cc(NCc2nc(C)c(C)o2)nc(N)n1. The second-order valence-corrected chi connectivity index (χ2v) is 3.86. The van der Waals surface area contributed by atoms with Gasteiger partial charge in [-0.25, -0.2) is 9.97 Å². The van der Waals surface area contributed by atoms with E-state index in [1.54, 1.807) is 0 Å². The standard InChI is InChI=1S/C11H15N5O/c1-6-4-9(16-11(12)14-6)13-5-10-15-7(2)8(3)17-10/h4H,5H2,1-3H3,(H3,12,13,14,16). The molecular weight excluding hydrogens is 218 g/mol. The van der Waals surface area contributed by atoms with Crippen LogP contribution in [-0.4, -0.2) is 15.0 Å². The molecule has 3 N–H and O–H groups in total.